The number of hydrogen-bond donors (Lipinski definition) is 3. The Hall–Kier alpha value is -3.72. The summed E-state index contributed by atoms with van der Waals surface area (Å²) in [6.45, 7) is 4.91. The lowest BCUT2D eigenvalue weighted by atomic mass is 9.98. The van der Waals surface area contributed by atoms with Gasteiger partial charge in [-0.3, -0.25) is 28.5 Å². The monoisotopic (exact) mass is 663 g/mol. The summed E-state index contributed by atoms with van der Waals surface area (Å²) in [6, 6.07) is 11.3. The molecule has 0 amide bonds. The van der Waals surface area contributed by atoms with Crippen LogP contribution in [-0.2, 0) is 23.4 Å². The molecule has 13 nitrogen and oxygen atoms in total. The Labute approximate surface area is 259 Å². The van der Waals surface area contributed by atoms with Crippen LogP contribution in [0.15, 0.2) is 69.1 Å². The summed E-state index contributed by atoms with van der Waals surface area (Å²) in [6.07, 6.45) is -4.49. The first-order valence-electron chi connectivity index (χ1n) is 13.9. The normalized spacial score (nSPS) is 23.7. The van der Waals surface area contributed by atoms with Crippen molar-refractivity contribution in [2.75, 3.05) is 6.61 Å². The molecule has 2 aromatic carbocycles. The van der Waals surface area contributed by atoms with Gasteiger partial charge < -0.3 is 19.1 Å². The van der Waals surface area contributed by atoms with Crippen molar-refractivity contribution in [1.82, 2.24) is 14.6 Å². The second kappa shape index (κ2) is 12.6. The van der Waals surface area contributed by atoms with Crippen LogP contribution in [0.1, 0.15) is 33.9 Å². The van der Waals surface area contributed by atoms with Gasteiger partial charge in [0.2, 0.25) is 0 Å². The van der Waals surface area contributed by atoms with Gasteiger partial charge in [-0.05, 0) is 58.0 Å². The predicted octanol–water partition coefficient (Wildman–Crippen LogP) is 3.38. The van der Waals surface area contributed by atoms with E-state index >= 15 is 4.39 Å². The Morgan fingerprint density at radius 2 is 1.87 bits per heavy atom. The van der Waals surface area contributed by atoms with Crippen molar-refractivity contribution >= 4 is 45.2 Å². The quantitative estimate of drug-likeness (QED) is 0.129. The van der Waals surface area contributed by atoms with E-state index in [1.165, 1.54) is 30.4 Å². The first-order chi connectivity index (χ1) is 21.2. The predicted molar refractivity (Wildman–Crippen MR) is 164 cm³/mol. The zero-order chi connectivity index (χ0) is 32.7. The summed E-state index contributed by atoms with van der Waals surface area (Å²) in [4.78, 5) is 51.5. The van der Waals surface area contributed by atoms with Crippen molar-refractivity contribution in [1.29, 1.82) is 0 Å². The number of ether oxygens (including phenoxy) is 2. The molecule has 0 saturated carbocycles. The van der Waals surface area contributed by atoms with Gasteiger partial charge in [-0.2, -0.15) is 5.09 Å². The Morgan fingerprint density at radius 3 is 2.58 bits per heavy atom. The number of hydrogen-bond acceptors (Lipinski definition) is 11. The average Bonchev–Trinajstić information content (AvgIpc) is 3.19. The van der Waals surface area contributed by atoms with Gasteiger partial charge in [-0.15, -0.1) is 11.3 Å². The van der Waals surface area contributed by atoms with E-state index in [1.807, 2.05) is 17.1 Å². The fraction of sp³-hybridized carbons (Fsp3) is 0.379. The molecule has 0 spiro atoms. The molecule has 2 aromatic heterocycles. The van der Waals surface area contributed by atoms with Gasteiger partial charge in [0.15, 0.2) is 17.3 Å². The largest absolute Gasteiger partial charge is 0.462 e. The number of alkyl halides is 1. The van der Waals surface area contributed by atoms with Crippen molar-refractivity contribution in [2.45, 2.75) is 63.9 Å². The number of halogens is 1. The summed E-state index contributed by atoms with van der Waals surface area (Å²) in [5.41, 5.74) is -4.50. The molecular formula is C29H31FN3O10PS. The fourth-order valence-electron chi connectivity index (χ4n) is 4.83. The van der Waals surface area contributed by atoms with Gasteiger partial charge >= 0.3 is 19.4 Å². The van der Waals surface area contributed by atoms with Crippen molar-refractivity contribution in [3.05, 3.63) is 85.8 Å². The molecule has 0 radical (unpaired) electrons. The number of esters is 1. The van der Waals surface area contributed by atoms with Crippen LogP contribution in [-0.4, -0.2) is 57.3 Å². The maximum atomic E-state index is 15.7. The summed E-state index contributed by atoms with van der Waals surface area (Å²) in [7, 11) is -4.54. The summed E-state index contributed by atoms with van der Waals surface area (Å²) >= 11 is 1.38. The zero-order valence-electron chi connectivity index (χ0n) is 24.6. The van der Waals surface area contributed by atoms with E-state index in [0.717, 1.165) is 28.5 Å². The molecule has 6 unspecified atom stereocenters. The molecule has 5 rings (SSSR count). The molecule has 1 fully saturated rings. The number of nitrogens with one attached hydrogen (secondary N) is 2. The topological polar surface area (TPSA) is 175 Å². The second-order valence-corrected chi connectivity index (χ2v) is 13.7. The smallest absolute Gasteiger partial charge is 0.459 e. The first kappa shape index (κ1) is 32.7. The van der Waals surface area contributed by atoms with Crippen molar-refractivity contribution in [3.8, 4) is 5.75 Å². The fourth-order valence-corrected chi connectivity index (χ4v) is 7.37. The van der Waals surface area contributed by atoms with E-state index in [1.54, 1.807) is 32.0 Å². The number of aliphatic hydroxyl groups excluding tert-OH is 1. The number of aliphatic hydroxyl groups is 1. The Balaban J connectivity index is 1.43. The molecule has 4 aromatic rings. The number of fused-ring (bicyclic) bond motifs is 2. The number of nitrogens with zero attached hydrogens (tertiary/aromatic N) is 1. The lowest BCUT2D eigenvalue weighted by molar-refractivity contribution is -0.149. The van der Waals surface area contributed by atoms with E-state index < -0.39 is 67.8 Å². The third-order valence-corrected chi connectivity index (χ3v) is 9.86. The second-order valence-electron chi connectivity index (χ2n) is 10.9. The standard InChI is InChI=1S/C29H31FN3O10PS/c1-15(2)41-26(37)16(3)32-44(39,43-17-9-10-22-19(13-17)24(35)18-7-5-6-8-21(18)45-22)40-14-20-25(36)29(4,30)27(42-20)33-12-11-23(34)31-28(33)38/h5-13,15-16,20,25,27,36H,14H2,1-4H3,(H,32,39)(H,31,34,38). The minimum absolute atomic E-state index is 0.0387. The van der Waals surface area contributed by atoms with Crippen LogP contribution in [0.3, 0.4) is 0 Å². The highest BCUT2D eigenvalue weighted by molar-refractivity contribution is 7.52. The highest BCUT2D eigenvalue weighted by Gasteiger charge is 2.56. The number of carbonyl (C=O) groups excluding carboxylic acids is 1. The average molecular weight is 664 g/mol. The summed E-state index contributed by atoms with van der Waals surface area (Å²) < 4.78 is 54.2. The molecule has 3 heterocycles. The van der Waals surface area contributed by atoms with Crippen molar-refractivity contribution < 1.29 is 37.4 Å². The van der Waals surface area contributed by atoms with Gasteiger partial charge in [0.05, 0.1) is 12.7 Å². The van der Waals surface area contributed by atoms with Gasteiger partial charge in [-0.1, -0.05) is 12.1 Å². The van der Waals surface area contributed by atoms with E-state index in [9.17, 15) is 28.8 Å². The molecule has 45 heavy (non-hydrogen) atoms. The van der Waals surface area contributed by atoms with Crippen LogP contribution in [0.2, 0.25) is 0 Å². The van der Waals surface area contributed by atoms with E-state index in [0.29, 0.717) is 15.5 Å². The minimum Gasteiger partial charge on any atom is -0.462 e. The van der Waals surface area contributed by atoms with Gasteiger partial charge in [0.1, 0.15) is 24.0 Å². The lowest BCUT2D eigenvalue weighted by Gasteiger charge is -2.25. The Bertz CT molecular complexity index is 1980. The highest BCUT2D eigenvalue weighted by Crippen LogP contribution is 2.48. The number of rotatable bonds is 10. The lowest BCUT2D eigenvalue weighted by Crippen LogP contribution is -2.43. The first-order valence-corrected chi connectivity index (χ1v) is 16.3. The molecule has 0 bridgehead atoms. The van der Waals surface area contributed by atoms with Crippen LogP contribution in [0.5, 0.6) is 5.75 Å². The summed E-state index contributed by atoms with van der Waals surface area (Å²) in [5, 5.41) is 14.0. The van der Waals surface area contributed by atoms with E-state index in [4.69, 9.17) is 18.5 Å². The molecule has 6 atom stereocenters. The van der Waals surface area contributed by atoms with Crippen LogP contribution >= 0.6 is 19.1 Å². The van der Waals surface area contributed by atoms with Crippen LogP contribution in [0.4, 0.5) is 4.39 Å². The van der Waals surface area contributed by atoms with E-state index in [2.05, 4.69) is 5.09 Å². The molecule has 16 heteroatoms. The summed E-state index contributed by atoms with van der Waals surface area (Å²) in [5.74, 6) is -0.805. The van der Waals surface area contributed by atoms with Crippen LogP contribution in [0, 0.1) is 0 Å². The molecule has 1 aliphatic rings. The number of benzene rings is 2. The molecule has 240 valence electrons. The Morgan fingerprint density at radius 1 is 1.16 bits per heavy atom. The SMILES string of the molecule is CC(C)OC(=O)C(C)NP(=O)(OCC1OC(n2ccc(=O)[nH]c2=O)C(C)(F)C1O)Oc1ccc2sc3ccccc3c(=O)c2c1. The van der Waals surface area contributed by atoms with Crippen LogP contribution < -0.4 is 26.3 Å². The third kappa shape index (κ3) is 6.78. The van der Waals surface area contributed by atoms with Crippen molar-refractivity contribution in [2.24, 2.45) is 0 Å². The maximum Gasteiger partial charge on any atom is 0.459 e. The maximum absolute atomic E-state index is 15.7. The van der Waals surface area contributed by atoms with Gasteiger partial charge in [0.25, 0.3) is 5.56 Å². The number of H-pyrrole nitrogens is 1. The van der Waals surface area contributed by atoms with Crippen molar-refractivity contribution in [3.63, 3.8) is 0 Å². The zero-order valence-corrected chi connectivity index (χ0v) is 26.3. The molecule has 1 aliphatic heterocycles. The highest BCUT2D eigenvalue weighted by atomic mass is 32.1. The molecule has 0 aliphatic carbocycles. The van der Waals surface area contributed by atoms with Gasteiger partial charge in [0, 0.05) is 32.4 Å². The molecule has 1 saturated heterocycles. The third-order valence-electron chi connectivity index (χ3n) is 7.06. The van der Waals surface area contributed by atoms with Gasteiger partial charge in [-0.25, -0.2) is 13.8 Å². The van der Waals surface area contributed by atoms with E-state index in [-0.39, 0.29) is 11.2 Å². The minimum atomic E-state index is -4.54. The molecular weight excluding hydrogens is 632 g/mol. The number of aromatic amines is 1. The number of carbonyl (C=O) groups is 1. The molecule has 3 N–H and O–H groups in total. The van der Waals surface area contributed by atoms with Crippen LogP contribution in [0.25, 0.3) is 20.2 Å². The Kier molecular flexibility index (Phi) is 9.13. The number of aromatic nitrogens is 2.